The minimum Gasteiger partial charge on any atom is -0.337 e. The van der Waals surface area contributed by atoms with Gasteiger partial charge in [-0.3, -0.25) is 4.79 Å². The Morgan fingerprint density at radius 2 is 1.56 bits per heavy atom. The molecule has 2 saturated heterocycles. The molecule has 0 radical (unpaired) electrons. The molecule has 130 valence electrons. The van der Waals surface area contributed by atoms with E-state index < -0.39 is 9.84 Å². The first-order chi connectivity index (χ1) is 12.0. The van der Waals surface area contributed by atoms with Crippen molar-refractivity contribution in [3.8, 4) is 0 Å². The summed E-state index contributed by atoms with van der Waals surface area (Å²) in [6.07, 6.45) is 0.979. The van der Waals surface area contributed by atoms with E-state index in [9.17, 15) is 13.2 Å². The summed E-state index contributed by atoms with van der Waals surface area (Å²) in [4.78, 5) is 14.7. The molecule has 2 bridgehead atoms. The van der Waals surface area contributed by atoms with Crippen molar-refractivity contribution in [1.29, 1.82) is 0 Å². The first kappa shape index (κ1) is 16.3. The molecule has 2 aliphatic rings. The van der Waals surface area contributed by atoms with Crippen molar-refractivity contribution in [1.82, 2.24) is 4.90 Å². The number of hydrogen-bond donors (Lipinski definition) is 0. The highest BCUT2D eigenvalue weighted by Gasteiger charge is 2.50. The van der Waals surface area contributed by atoms with Gasteiger partial charge in [0, 0.05) is 24.9 Å². The SMILES string of the molecule is O=C(CC(c1ccccc1)c1ccccc1)N1CC2CC1CS2(=O)=O. The standard InChI is InChI=1S/C20H21NO3S/c22-20(21-13-18-11-17(21)14-25(18,23)24)12-19(15-7-3-1-4-8-15)16-9-5-2-6-10-16/h1-10,17-19H,11-14H2. The molecule has 2 heterocycles. The fourth-order valence-electron chi connectivity index (χ4n) is 4.09. The molecule has 0 N–H and O–H groups in total. The third-order valence-electron chi connectivity index (χ3n) is 5.41. The van der Waals surface area contributed by atoms with Crippen LogP contribution in [0.2, 0.25) is 0 Å². The molecule has 25 heavy (non-hydrogen) atoms. The van der Waals surface area contributed by atoms with Gasteiger partial charge in [0.2, 0.25) is 5.91 Å². The Morgan fingerprint density at radius 3 is 2.00 bits per heavy atom. The smallest absolute Gasteiger partial charge is 0.223 e. The van der Waals surface area contributed by atoms with Crippen molar-refractivity contribution < 1.29 is 13.2 Å². The number of likely N-dealkylation sites (tertiary alicyclic amines) is 1. The van der Waals surface area contributed by atoms with Crippen LogP contribution in [0.3, 0.4) is 0 Å². The number of fused-ring (bicyclic) bond motifs is 2. The molecule has 2 fully saturated rings. The fraction of sp³-hybridized carbons (Fsp3) is 0.350. The molecular formula is C20H21NO3S. The van der Waals surface area contributed by atoms with Gasteiger partial charge in [0.1, 0.15) is 0 Å². The van der Waals surface area contributed by atoms with Gasteiger partial charge in [0.05, 0.1) is 11.0 Å². The third kappa shape index (κ3) is 3.09. The maximum atomic E-state index is 12.9. The Balaban J connectivity index is 1.57. The number of sulfone groups is 1. The number of rotatable bonds is 4. The summed E-state index contributed by atoms with van der Waals surface area (Å²) in [5.74, 6) is 0.177. The van der Waals surface area contributed by atoms with Gasteiger partial charge < -0.3 is 4.90 Å². The maximum absolute atomic E-state index is 12.9. The summed E-state index contributed by atoms with van der Waals surface area (Å²) in [7, 11) is -2.98. The van der Waals surface area contributed by atoms with Crippen LogP contribution in [0.4, 0.5) is 0 Å². The minimum atomic E-state index is -2.98. The first-order valence-corrected chi connectivity index (χ1v) is 10.4. The number of hydrogen-bond acceptors (Lipinski definition) is 3. The Labute approximate surface area is 148 Å². The second-order valence-corrected chi connectivity index (χ2v) is 9.29. The molecule has 1 amide bonds. The molecule has 0 aliphatic carbocycles. The van der Waals surface area contributed by atoms with Crippen LogP contribution >= 0.6 is 0 Å². The van der Waals surface area contributed by atoms with Gasteiger partial charge in [-0.1, -0.05) is 60.7 Å². The second-order valence-electron chi connectivity index (χ2n) is 6.97. The highest BCUT2D eigenvalue weighted by atomic mass is 32.2. The van der Waals surface area contributed by atoms with E-state index in [4.69, 9.17) is 0 Å². The highest BCUT2D eigenvalue weighted by Crippen LogP contribution is 2.35. The zero-order chi connectivity index (χ0) is 17.4. The van der Waals surface area contributed by atoms with E-state index in [-0.39, 0.29) is 28.9 Å². The van der Waals surface area contributed by atoms with Crippen LogP contribution in [0, 0.1) is 0 Å². The first-order valence-electron chi connectivity index (χ1n) is 8.65. The minimum absolute atomic E-state index is 0.00867. The zero-order valence-corrected chi connectivity index (χ0v) is 14.7. The fourth-order valence-corrected chi connectivity index (χ4v) is 6.12. The Morgan fingerprint density at radius 1 is 1.00 bits per heavy atom. The van der Waals surface area contributed by atoms with E-state index in [1.54, 1.807) is 4.90 Å². The van der Waals surface area contributed by atoms with Gasteiger partial charge in [0.15, 0.2) is 9.84 Å². The van der Waals surface area contributed by atoms with Crippen molar-refractivity contribution >= 4 is 15.7 Å². The Hall–Kier alpha value is -2.14. The number of amides is 1. The molecule has 2 atom stereocenters. The van der Waals surface area contributed by atoms with Crippen LogP contribution in [-0.4, -0.2) is 42.8 Å². The summed E-state index contributed by atoms with van der Waals surface area (Å²) in [6, 6.07) is 19.9. The molecule has 5 heteroatoms. The van der Waals surface area contributed by atoms with Crippen LogP contribution < -0.4 is 0 Å². The molecule has 2 unspecified atom stereocenters. The monoisotopic (exact) mass is 355 g/mol. The van der Waals surface area contributed by atoms with Crippen LogP contribution in [0.1, 0.15) is 29.9 Å². The summed E-state index contributed by atoms with van der Waals surface area (Å²) < 4.78 is 23.8. The molecule has 0 spiro atoms. The lowest BCUT2D eigenvalue weighted by atomic mass is 9.88. The molecule has 2 aromatic rings. The average Bonchev–Trinajstić information content (AvgIpc) is 3.17. The van der Waals surface area contributed by atoms with Crippen LogP contribution in [0.25, 0.3) is 0 Å². The van der Waals surface area contributed by atoms with Crippen LogP contribution in [0.15, 0.2) is 60.7 Å². The zero-order valence-electron chi connectivity index (χ0n) is 13.9. The van der Waals surface area contributed by atoms with E-state index in [2.05, 4.69) is 0 Å². The number of carbonyl (C=O) groups is 1. The van der Waals surface area contributed by atoms with E-state index in [0.717, 1.165) is 11.1 Å². The second kappa shape index (κ2) is 6.30. The largest absolute Gasteiger partial charge is 0.337 e. The maximum Gasteiger partial charge on any atom is 0.223 e. The Kier molecular flexibility index (Phi) is 4.12. The number of carbonyl (C=O) groups excluding carboxylic acids is 1. The van der Waals surface area contributed by atoms with Gasteiger partial charge in [-0.15, -0.1) is 0 Å². The molecular weight excluding hydrogens is 334 g/mol. The van der Waals surface area contributed by atoms with Gasteiger partial charge in [-0.05, 0) is 17.5 Å². The van der Waals surface area contributed by atoms with Gasteiger partial charge in [-0.25, -0.2) is 8.42 Å². The van der Waals surface area contributed by atoms with Gasteiger partial charge >= 0.3 is 0 Å². The number of nitrogens with zero attached hydrogens (tertiary/aromatic N) is 1. The molecule has 0 aromatic heterocycles. The molecule has 0 saturated carbocycles. The topological polar surface area (TPSA) is 54.5 Å². The molecule has 2 aliphatic heterocycles. The molecule has 4 nitrogen and oxygen atoms in total. The quantitative estimate of drug-likeness (QED) is 0.847. The lowest BCUT2D eigenvalue weighted by Gasteiger charge is -2.29. The summed E-state index contributed by atoms with van der Waals surface area (Å²) in [5, 5.41) is -0.353. The normalized spacial score (nSPS) is 24.0. The van der Waals surface area contributed by atoms with Crippen molar-refractivity contribution in [2.75, 3.05) is 12.3 Å². The third-order valence-corrected chi connectivity index (χ3v) is 7.62. The Bertz CT molecular complexity index is 825. The lowest BCUT2D eigenvalue weighted by Crippen LogP contribution is -2.44. The predicted molar refractivity (Wildman–Crippen MR) is 97.0 cm³/mol. The summed E-state index contributed by atoms with van der Waals surface area (Å²) >= 11 is 0. The van der Waals surface area contributed by atoms with Crippen molar-refractivity contribution in [2.45, 2.75) is 30.1 Å². The van der Waals surface area contributed by atoms with E-state index in [1.807, 2.05) is 60.7 Å². The van der Waals surface area contributed by atoms with Crippen LogP contribution in [0.5, 0.6) is 0 Å². The summed E-state index contributed by atoms with van der Waals surface area (Å²) in [6.45, 7) is 0.363. The van der Waals surface area contributed by atoms with Crippen LogP contribution in [-0.2, 0) is 14.6 Å². The predicted octanol–water partition coefficient (Wildman–Crippen LogP) is 2.61. The van der Waals surface area contributed by atoms with E-state index in [1.165, 1.54) is 0 Å². The number of benzene rings is 2. The van der Waals surface area contributed by atoms with Crippen molar-refractivity contribution in [3.63, 3.8) is 0 Å². The van der Waals surface area contributed by atoms with Crippen molar-refractivity contribution in [3.05, 3.63) is 71.8 Å². The molecule has 2 aromatic carbocycles. The van der Waals surface area contributed by atoms with Crippen molar-refractivity contribution in [2.24, 2.45) is 0 Å². The average molecular weight is 355 g/mol. The van der Waals surface area contributed by atoms with Gasteiger partial charge in [-0.2, -0.15) is 0 Å². The lowest BCUT2D eigenvalue weighted by molar-refractivity contribution is -0.131. The van der Waals surface area contributed by atoms with E-state index >= 15 is 0 Å². The summed E-state index contributed by atoms with van der Waals surface area (Å²) in [5.41, 5.74) is 2.22. The highest BCUT2D eigenvalue weighted by molar-refractivity contribution is 7.92. The van der Waals surface area contributed by atoms with E-state index in [0.29, 0.717) is 19.4 Å². The molecule has 4 rings (SSSR count). The van der Waals surface area contributed by atoms with Gasteiger partial charge in [0.25, 0.3) is 0 Å².